The molecule has 0 bridgehead atoms. The summed E-state index contributed by atoms with van der Waals surface area (Å²) in [5.41, 5.74) is 2.50. The van der Waals surface area contributed by atoms with Gasteiger partial charge in [-0.3, -0.25) is 4.79 Å². The zero-order valence-corrected chi connectivity index (χ0v) is 11.3. The molecule has 0 fully saturated rings. The standard InChI is InChI=1S/C13H17BrO2/c1-3-10-7-5-6-8-11(10)9-12(14)13(15)16-4-2/h5-8,12H,3-4,9H2,1-2H3. The number of benzene rings is 1. The molecule has 0 radical (unpaired) electrons. The number of halogens is 1. The van der Waals surface area contributed by atoms with Gasteiger partial charge in [0.15, 0.2) is 0 Å². The van der Waals surface area contributed by atoms with Gasteiger partial charge in [-0.1, -0.05) is 47.1 Å². The summed E-state index contributed by atoms with van der Waals surface area (Å²) in [6, 6.07) is 8.18. The molecule has 88 valence electrons. The van der Waals surface area contributed by atoms with E-state index in [2.05, 4.69) is 35.0 Å². The zero-order chi connectivity index (χ0) is 12.0. The van der Waals surface area contributed by atoms with Crippen LogP contribution in [-0.2, 0) is 22.4 Å². The molecule has 0 spiro atoms. The Kier molecular flexibility index (Phi) is 5.53. The minimum atomic E-state index is -0.250. The third-order valence-corrected chi connectivity index (χ3v) is 3.14. The minimum Gasteiger partial charge on any atom is -0.465 e. The van der Waals surface area contributed by atoms with E-state index >= 15 is 0 Å². The lowest BCUT2D eigenvalue weighted by Crippen LogP contribution is -2.20. The van der Waals surface area contributed by atoms with E-state index in [0.29, 0.717) is 13.0 Å². The molecule has 1 atom stereocenters. The van der Waals surface area contributed by atoms with E-state index in [1.807, 2.05) is 19.1 Å². The van der Waals surface area contributed by atoms with Gasteiger partial charge in [0.05, 0.1) is 6.61 Å². The predicted octanol–water partition coefficient (Wildman–Crippen LogP) is 3.12. The van der Waals surface area contributed by atoms with Crippen molar-refractivity contribution in [3.63, 3.8) is 0 Å². The molecule has 0 aliphatic heterocycles. The normalized spacial score (nSPS) is 12.2. The van der Waals surface area contributed by atoms with Crippen molar-refractivity contribution < 1.29 is 9.53 Å². The summed E-state index contributed by atoms with van der Waals surface area (Å²) >= 11 is 3.37. The molecule has 1 unspecified atom stereocenters. The van der Waals surface area contributed by atoms with E-state index in [0.717, 1.165) is 6.42 Å². The Balaban J connectivity index is 2.68. The van der Waals surface area contributed by atoms with Crippen LogP contribution in [-0.4, -0.2) is 17.4 Å². The fourth-order valence-electron chi connectivity index (χ4n) is 1.61. The maximum absolute atomic E-state index is 11.5. The van der Waals surface area contributed by atoms with Crippen LogP contribution >= 0.6 is 15.9 Å². The fraction of sp³-hybridized carbons (Fsp3) is 0.462. The Morgan fingerprint density at radius 1 is 1.31 bits per heavy atom. The smallest absolute Gasteiger partial charge is 0.320 e. The van der Waals surface area contributed by atoms with E-state index in [4.69, 9.17) is 4.74 Å². The minimum absolute atomic E-state index is 0.187. The number of carbonyl (C=O) groups excluding carboxylic acids is 1. The molecule has 1 rings (SSSR count). The summed E-state index contributed by atoms with van der Waals surface area (Å²) in [5.74, 6) is -0.187. The second kappa shape index (κ2) is 6.69. The number of hydrogen-bond acceptors (Lipinski definition) is 2. The summed E-state index contributed by atoms with van der Waals surface area (Å²) in [4.78, 5) is 11.2. The maximum atomic E-state index is 11.5. The quantitative estimate of drug-likeness (QED) is 0.613. The van der Waals surface area contributed by atoms with Gasteiger partial charge in [0.25, 0.3) is 0 Å². The predicted molar refractivity (Wildman–Crippen MR) is 68.9 cm³/mol. The lowest BCUT2D eigenvalue weighted by Gasteiger charge is -2.11. The van der Waals surface area contributed by atoms with Crippen molar-refractivity contribution in [3.05, 3.63) is 35.4 Å². The molecule has 1 aromatic rings. The Labute approximate surface area is 105 Å². The second-order valence-electron chi connectivity index (χ2n) is 3.55. The lowest BCUT2D eigenvalue weighted by atomic mass is 10.0. The number of carbonyl (C=O) groups is 1. The molecule has 0 amide bonds. The van der Waals surface area contributed by atoms with Crippen LogP contribution in [0.4, 0.5) is 0 Å². The van der Waals surface area contributed by atoms with Gasteiger partial charge >= 0.3 is 5.97 Å². The molecule has 0 N–H and O–H groups in total. The first kappa shape index (κ1) is 13.2. The SMILES string of the molecule is CCOC(=O)C(Br)Cc1ccccc1CC. The summed E-state index contributed by atoms with van der Waals surface area (Å²) in [6.45, 7) is 4.36. The van der Waals surface area contributed by atoms with Gasteiger partial charge in [0.1, 0.15) is 4.83 Å². The van der Waals surface area contributed by atoms with Gasteiger partial charge in [-0.25, -0.2) is 0 Å². The van der Waals surface area contributed by atoms with Crippen molar-refractivity contribution in [3.8, 4) is 0 Å². The molecule has 0 aromatic heterocycles. The van der Waals surface area contributed by atoms with Crippen LogP contribution in [0.5, 0.6) is 0 Å². The summed E-state index contributed by atoms with van der Waals surface area (Å²) in [6.07, 6.45) is 1.67. The van der Waals surface area contributed by atoms with Gasteiger partial charge in [0, 0.05) is 0 Å². The highest BCUT2D eigenvalue weighted by Crippen LogP contribution is 2.16. The second-order valence-corrected chi connectivity index (χ2v) is 4.65. The van der Waals surface area contributed by atoms with Crippen LogP contribution in [0.15, 0.2) is 24.3 Å². The first-order valence-corrected chi connectivity index (χ1v) is 6.48. The van der Waals surface area contributed by atoms with E-state index in [-0.39, 0.29) is 10.8 Å². The van der Waals surface area contributed by atoms with Gasteiger partial charge in [-0.15, -0.1) is 0 Å². The third kappa shape index (κ3) is 3.63. The number of alkyl halides is 1. The summed E-state index contributed by atoms with van der Waals surface area (Å²) in [7, 11) is 0. The third-order valence-electron chi connectivity index (χ3n) is 2.44. The van der Waals surface area contributed by atoms with Crippen LogP contribution in [0.2, 0.25) is 0 Å². The van der Waals surface area contributed by atoms with E-state index in [9.17, 15) is 4.79 Å². The van der Waals surface area contributed by atoms with Gasteiger partial charge < -0.3 is 4.74 Å². The first-order valence-electron chi connectivity index (χ1n) is 5.56. The molecule has 0 saturated carbocycles. The highest BCUT2D eigenvalue weighted by atomic mass is 79.9. The van der Waals surface area contributed by atoms with E-state index in [1.54, 1.807) is 0 Å². The largest absolute Gasteiger partial charge is 0.465 e. The number of hydrogen-bond donors (Lipinski definition) is 0. The van der Waals surface area contributed by atoms with Crippen LogP contribution in [0.1, 0.15) is 25.0 Å². The van der Waals surface area contributed by atoms with Crippen LogP contribution < -0.4 is 0 Å². The Bertz CT molecular complexity index is 350. The van der Waals surface area contributed by atoms with Crippen molar-refractivity contribution in [1.29, 1.82) is 0 Å². The van der Waals surface area contributed by atoms with Crippen LogP contribution in [0, 0.1) is 0 Å². The zero-order valence-electron chi connectivity index (χ0n) is 9.70. The Hall–Kier alpha value is -0.830. The molecular formula is C13H17BrO2. The topological polar surface area (TPSA) is 26.3 Å². The van der Waals surface area contributed by atoms with E-state index in [1.165, 1.54) is 11.1 Å². The fourth-order valence-corrected chi connectivity index (χ4v) is 2.09. The molecular weight excluding hydrogens is 268 g/mol. The number of rotatable bonds is 5. The Morgan fingerprint density at radius 3 is 2.50 bits per heavy atom. The average Bonchev–Trinajstić information content (AvgIpc) is 2.30. The monoisotopic (exact) mass is 284 g/mol. The van der Waals surface area contributed by atoms with Crippen molar-refractivity contribution >= 4 is 21.9 Å². The average molecular weight is 285 g/mol. The van der Waals surface area contributed by atoms with Crippen molar-refractivity contribution in [2.24, 2.45) is 0 Å². The van der Waals surface area contributed by atoms with E-state index < -0.39 is 0 Å². The van der Waals surface area contributed by atoms with Crippen molar-refractivity contribution in [2.75, 3.05) is 6.61 Å². The first-order chi connectivity index (χ1) is 7.69. The van der Waals surface area contributed by atoms with Gasteiger partial charge in [-0.2, -0.15) is 0 Å². The van der Waals surface area contributed by atoms with Gasteiger partial charge in [-0.05, 0) is 30.9 Å². The molecule has 16 heavy (non-hydrogen) atoms. The highest BCUT2D eigenvalue weighted by molar-refractivity contribution is 9.10. The molecule has 2 nitrogen and oxygen atoms in total. The number of ether oxygens (including phenoxy) is 1. The molecule has 0 heterocycles. The van der Waals surface area contributed by atoms with Crippen LogP contribution in [0.3, 0.4) is 0 Å². The molecule has 1 aromatic carbocycles. The maximum Gasteiger partial charge on any atom is 0.320 e. The summed E-state index contributed by atoms with van der Waals surface area (Å²) in [5, 5.41) is 0. The summed E-state index contributed by atoms with van der Waals surface area (Å²) < 4.78 is 4.96. The van der Waals surface area contributed by atoms with Gasteiger partial charge in [0.2, 0.25) is 0 Å². The molecule has 0 aliphatic carbocycles. The van der Waals surface area contributed by atoms with Crippen molar-refractivity contribution in [1.82, 2.24) is 0 Å². The molecule has 3 heteroatoms. The number of esters is 1. The highest BCUT2D eigenvalue weighted by Gasteiger charge is 2.17. The number of aryl methyl sites for hydroxylation is 1. The molecule has 0 aliphatic rings. The van der Waals surface area contributed by atoms with Crippen LogP contribution in [0.25, 0.3) is 0 Å². The molecule has 0 saturated heterocycles. The lowest BCUT2D eigenvalue weighted by molar-refractivity contribution is -0.142. The Morgan fingerprint density at radius 2 is 1.94 bits per heavy atom. The van der Waals surface area contributed by atoms with Crippen molar-refractivity contribution in [2.45, 2.75) is 31.5 Å².